The number of carbonyl (C=O) groups is 5. The van der Waals surface area contributed by atoms with Gasteiger partial charge in [0.15, 0.2) is 0 Å². The molecule has 5 N–H and O–H groups in total. The molecule has 0 radical (unpaired) electrons. The van der Waals surface area contributed by atoms with E-state index in [9.17, 15) is 37.1 Å². The molecule has 0 aromatic heterocycles. The molecule has 0 heterocycles. The normalized spacial score (nSPS) is 11.6. The third-order valence-corrected chi connectivity index (χ3v) is 5.96. The predicted octanol–water partition coefficient (Wildman–Crippen LogP) is 2.37. The summed E-state index contributed by atoms with van der Waals surface area (Å²) in [4.78, 5) is 58.8. The molecule has 12 nitrogen and oxygen atoms in total. The highest BCUT2D eigenvalue weighted by Crippen LogP contribution is 2.24. The van der Waals surface area contributed by atoms with E-state index in [4.69, 9.17) is 25.7 Å². The molecule has 2 rings (SSSR count). The van der Waals surface area contributed by atoms with E-state index in [1.54, 1.807) is 6.07 Å². The number of nitrogen functional groups attached to an aromatic ring is 1. The van der Waals surface area contributed by atoms with Crippen LogP contribution in [0.1, 0.15) is 34.3 Å². The summed E-state index contributed by atoms with van der Waals surface area (Å²) in [5.41, 5.74) is 5.84. The lowest BCUT2D eigenvalue weighted by atomic mass is 10.0. The zero-order valence-electron chi connectivity index (χ0n) is 21.2. The Bertz CT molecular complexity index is 1370. The molecule has 16 heteroatoms. The molecule has 2 aromatic rings. The number of aliphatic carboxylic acids is 1. The third kappa shape index (κ3) is 10.0. The molecule has 0 aliphatic heterocycles. The number of rotatable bonds is 13. The molecule has 220 valence electrons. The standard InChI is InChI=1S/C25H23F3IN3O9/c1-39-18-6-4-14(29)10-16(18)22(35)32-15(5-7-20(34)41-24(38)25(26,27)28)11-40-19-9-13(21(30)31)3-2-12(19)8-17(33)23(36)37/h2-4,6,9-10,15H,5,7-8,11H2,1H3,(H3,30,31)(H,32,35)(H,36,37)/t15-/m1/s1. The van der Waals surface area contributed by atoms with Crippen molar-refractivity contribution in [2.24, 2.45) is 5.73 Å². The lowest BCUT2D eigenvalue weighted by molar-refractivity contribution is -0.201. The summed E-state index contributed by atoms with van der Waals surface area (Å²) < 4.78 is 52.7. The van der Waals surface area contributed by atoms with Gasteiger partial charge in [-0.1, -0.05) is 12.1 Å². The Labute approximate surface area is 244 Å². The van der Waals surface area contributed by atoms with E-state index in [0.717, 1.165) is 0 Å². The number of ether oxygens (including phenoxy) is 3. The SMILES string of the molecule is COc1ccc(I)cc1C(=O)N[C@H](CCC(=O)OC(=O)C(F)(F)F)COc1cc(C(=N)N)ccc1CC(=O)C(=O)O. The minimum absolute atomic E-state index is 0.0757. The largest absolute Gasteiger partial charge is 0.496 e. The number of halogens is 4. The number of esters is 2. The molecule has 0 aliphatic rings. The van der Waals surface area contributed by atoms with Crippen LogP contribution < -0.4 is 20.5 Å². The van der Waals surface area contributed by atoms with Crippen molar-refractivity contribution in [3.8, 4) is 11.5 Å². The molecular weight excluding hydrogens is 670 g/mol. The number of Topliss-reactive ketones (excluding diaryl/α,β-unsaturated/α-hetero) is 1. The molecule has 0 unspecified atom stereocenters. The van der Waals surface area contributed by atoms with Crippen molar-refractivity contribution in [1.29, 1.82) is 5.41 Å². The zero-order chi connectivity index (χ0) is 30.9. The Morgan fingerprint density at radius 3 is 2.37 bits per heavy atom. The number of alkyl halides is 3. The van der Waals surface area contributed by atoms with Gasteiger partial charge in [-0.2, -0.15) is 13.2 Å². The molecule has 0 bridgehead atoms. The highest BCUT2D eigenvalue weighted by molar-refractivity contribution is 14.1. The van der Waals surface area contributed by atoms with Gasteiger partial charge < -0.3 is 30.4 Å². The van der Waals surface area contributed by atoms with Crippen molar-refractivity contribution >= 4 is 58.0 Å². The molecule has 0 spiro atoms. The van der Waals surface area contributed by atoms with Crippen molar-refractivity contribution in [3.05, 3.63) is 56.7 Å². The van der Waals surface area contributed by atoms with Gasteiger partial charge in [0.25, 0.3) is 5.91 Å². The monoisotopic (exact) mass is 693 g/mol. The lowest BCUT2D eigenvalue weighted by Gasteiger charge is -2.21. The van der Waals surface area contributed by atoms with Crippen LogP contribution in [0.25, 0.3) is 0 Å². The van der Waals surface area contributed by atoms with Crippen LogP contribution in [-0.4, -0.2) is 66.5 Å². The Kier molecular flexibility index (Phi) is 11.6. The molecular formula is C25H23F3IN3O9. The van der Waals surface area contributed by atoms with Gasteiger partial charge in [-0.3, -0.25) is 19.8 Å². The lowest BCUT2D eigenvalue weighted by Crippen LogP contribution is -2.40. The van der Waals surface area contributed by atoms with E-state index in [0.29, 0.717) is 3.57 Å². The van der Waals surface area contributed by atoms with Crippen LogP contribution in [0.3, 0.4) is 0 Å². The van der Waals surface area contributed by atoms with Crippen LogP contribution in [0, 0.1) is 8.98 Å². The predicted molar refractivity (Wildman–Crippen MR) is 143 cm³/mol. The summed E-state index contributed by atoms with van der Waals surface area (Å²) in [6.45, 7) is -0.450. The summed E-state index contributed by atoms with van der Waals surface area (Å²) in [5, 5.41) is 19.1. The number of amides is 1. The van der Waals surface area contributed by atoms with Gasteiger partial charge in [0.1, 0.15) is 23.9 Å². The summed E-state index contributed by atoms with van der Waals surface area (Å²) >= 11 is 1.96. The van der Waals surface area contributed by atoms with Crippen LogP contribution in [-0.2, 0) is 30.3 Å². The highest BCUT2D eigenvalue weighted by Gasteiger charge is 2.42. The maximum Gasteiger partial charge on any atom is 0.491 e. The number of hydrogen-bond donors (Lipinski definition) is 4. The summed E-state index contributed by atoms with van der Waals surface area (Å²) in [6.07, 6.45) is -7.08. The fourth-order valence-electron chi connectivity index (χ4n) is 3.26. The topological polar surface area (TPSA) is 195 Å². The smallest absolute Gasteiger partial charge is 0.491 e. The van der Waals surface area contributed by atoms with Crippen LogP contribution >= 0.6 is 22.6 Å². The first-order valence-electron chi connectivity index (χ1n) is 11.4. The van der Waals surface area contributed by atoms with E-state index in [2.05, 4.69) is 10.1 Å². The molecule has 0 aliphatic carbocycles. The van der Waals surface area contributed by atoms with Crippen molar-refractivity contribution in [3.63, 3.8) is 0 Å². The fourth-order valence-corrected chi connectivity index (χ4v) is 3.75. The highest BCUT2D eigenvalue weighted by atomic mass is 127. The second-order valence-corrected chi connectivity index (χ2v) is 9.51. The second kappa shape index (κ2) is 14.4. The van der Waals surface area contributed by atoms with Crippen LogP contribution in [0.4, 0.5) is 13.2 Å². The first-order chi connectivity index (χ1) is 19.1. The molecule has 0 fully saturated rings. The number of methoxy groups -OCH3 is 1. The van der Waals surface area contributed by atoms with Crippen LogP contribution in [0.15, 0.2) is 36.4 Å². The van der Waals surface area contributed by atoms with Crippen molar-refractivity contribution < 1.29 is 56.5 Å². The van der Waals surface area contributed by atoms with E-state index < -0.39 is 61.3 Å². The number of nitrogens with two attached hydrogens (primary N) is 1. The second-order valence-electron chi connectivity index (χ2n) is 8.27. The fraction of sp³-hybridized carbons (Fsp3) is 0.280. The van der Waals surface area contributed by atoms with E-state index >= 15 is 0 Å². The maximum absolute atomic E-state index is 13.1. The van der Waals surface area contributed by atoms with Crippen molar-refractivity contribution in [2.45, 2.75) is 31.5 Å². The van der Waals surface area contributed by atoms with Gasteiger partial charge in [0.2, 0.25) is 5.78 Å². The average molecular weight is 693 g/mol. The van der Waals surface area contributed by atoms with Gasteiger partial charge in [0.05, 0.1) is 18.7 Å². The van der Waals surface area contributed by atoms with Crippen molar-refractivity contribution in [1.82, 2.24) is 5.32 Å². The first-order valence-corrected chi connectivity index (χ1v) is 12.5. The molecule has 1 amide bonds. The quantitative estimate of drug-likeness (QED) is 0.0604. The Morgan fingerprint density at radius 2 is 1.78 bits per heavy atom. The number of carboxylic acids is 1. The van der Waals surface area contributed by atoms with Gasteiger partial charge in [0, 0.05) is 27.5 Å². The number of carbonyl (C=O) groups excluding carboxylic acids is 4. The Hall–Kier alpha value is -4.22. The number of amidine groups is 1. The van der Waals surface area contributed by atoms with Gasteiger partial charge in [-0.25, -0.2) is 9.59 Å². The number of carboxylic acid groups (broad SMARTS) is 1. The number of benzene rings is 2. The first kappa shape index (κ1) is 33.0. The van der Waals surface area contributed by atoms with Gasteiger partial charge >= 0.3 is 24.1 Å². The summed E-state index contributed by atoms with van der Waals surface area (Å²) in [5.74, 6) is -8.03. The van der Waals surface area contributed by atoms with Crippen LogP contribution in [0.2, 0.25) is 0 Å². The van der Waals surface area contributed by atoms with Crippen molar-refractivity contribution in [2.75, 3.05) is 13.7 Å². The molecule has 41 heavy (non-hydrogen) atoms. The maximum atomic E-state index is 13.1. The average Bonchev–Trinajstić information content (AvgIpc) is 2.89. The minimum Gasteiger partial charge on any atom is -0.496 e. The van der Waals surface area contributed by atoms with E-state index in [-0.39, 0.29) is 40.4 Å². The number of nitrogens with one attached hydrogen (secondary N) is 2. The third-order valence-electron chi connectivity index (χ3n) is 5.28. The minimum atomic E-state index is -5.39. The Morgan fingerprint density at radius 1 is 1.10 bits per heavy atom. The van der Waals surface area contributed by atoms with E-state index in [1.165, 1.54) is 37.4 Å². The number of ketones is 1. The molecule has 0 saturated heterocycles. The number of hydrogen-bond acceptors (Lipinski definition) is 9. The van der Waals surface area contributed by atoms with E-state index in [1.807, 2.05) is 22.6 Å². The molecule has 2 aromatic carbocycles. The summed E-state index contributed by atoms with van der Waals surface area (Å²) in [6, 6.07) is 7.53. The molecule has 0 saturated carbocycles. The van der Waals surface area contributed by atoms with Gasteiger partial charge in [-0.15, -0.1) is 0 Å². The van der Waals surface area contributed by atoms with Gasteiger partial charge in [-0.05, 0) is 53.3 Å². The Balaban J connectivity index is 2.32. The molecule has 1 atom stereocenters. The summed E-state index contributed by atoms with van der Waals surface area (Å²) in [7, 11) is 1.33. The zero-order valence-corrected chi connectivity index (χ0v) is 23.3. The van der Waals surface area contributed by atoms with Crippen LogP contribution in [0.5, 0.6) is 11.5 Å².